The molecule has 2 atom stereocenters. The molecule has 0 unspecified atom stereocenters. The van der Waals surface area contributed by atoms with Crippen molar-refractivity contribution in [2.45, 2.75) is 65.7 Å². The van der Waals surface area contributed by atoms with Crippen molar-refractivity contribution >= 4 is 11.7 Å². The van der Waals surface area contributed by atoms with Gasteiger partial charge in [0.2, 0.25) is 0 Å². The number of rotatable bonds is 9. The molecule has 1 aromatic rings. The SMILES string of the molecule is CC[C@@H](CC(=O)OC)c1ccc([C@H](C=C(C)C)CC(C)C)c([N+](=O)[O-])c1. The van der Waals surface area contributed by atoms with Crippen molar-refractivity contribution in [2.75, 3.05) is 7.11 Å². The summed E-state index contributed by atoms with van der Waals surface area (Å²) in [7, 11) is 1.36. The Labute approximate surface area is 156 Å². The number of esters is 1. The third kappa shape index (κ3) is 6.28. The molecule has 0 aliphatic carbocycles. The minimum atomic E-state index is -0.310. The van der Waals surface area contributed by atoms with Gasteiger partial charge in [-0.05, 0) is 44.1 Å². The lowest BCUT2D eigenvalue weighted by molar-refractivity contribution is -0.385. The first-order chi connectivity index (χ1) is 12.2. The highest BCUT2D eigenvalue weighted by Gasteiger charge is 2.24. The second-order valence-corrected chi connectivity index (χ2v) is 7.44. The molecule has 0 aliphatic heterocycles. The molecule has 0 aliphatic rings. The van der Waals surface area contributed by atoms with Crippen LogP contribution in [-0.2, 0) is 9.53 Å². The van der Waals surface area contributed by atoms with Crippen molar-refractivity contribution in [2.24, 2.45) is 5.92 Å². The van der Waals surface area contributed by atoms with Gasteiger partial charge in [0, 0.05) is 17.5 Å². The first kappa shape index (κ1) is 21.9. The third-order valence-electron chi connectivity index (χ3n) is 4.52. The number of carbonyl (C=O) groups excluding carboxylic acids is 1. The number of hydrogen-bond acceptors (Lipinski definition) is 4. The van der Waals surface area contributed by atoms with E-state index in [9.17, 15) is 14.9 Å². The van der Waals surface area contributed by atoms with E-state index in [0.717, 1.165) is 29.5 Å². The van der Waals surface area contributed by atoms with Crippen LogP contribution in [0.15, 0.2) is 29.8 Å². The van der Waals surface area contributed by atoms with E-state index in [4.69, 9.17) is 4.74 Å². The molecule has 0 saturated carbocycles. The summed E-state index contributed by atoms with van der Waals surface area (Å²) in [6, 6.07) is 5.42. The fourth-order valence-corrected chi connectivity index (χ4v) is 3.26. The van der Waals surface area contributed by atoms with Gasteiger partial charge in [-0.2, -0.15) is 0 Å². The number of nitro groups is 1. The molecular formula is C21H31NO4. The Morgan fingerprint density at radius 1 is 1.31 bits per heavy atom. The molecule has 0 saturated heterocycles. The molecule has 0 fully saturated rings. The number of carbonyl (C=O) groups is 1. The zero-order valence-corrected chi connectivity index (χ0v) is 16.7. The summed E-state index contributed by atoms with van der Waals surface area (Å²) in [5.74, 6) is 0.0562. The highest BCUT2D eigenvalue weighted by Crippen LogP contribution is 2.36. The van der Waals surface area contributed by atoms with E-state index in [2.05, 4.69) is 19.9 Å². The average molecular weight is 361 g/mol. The monoisotopic (exact) mass is 361 g/mol. The lowest BCUT2D eigenvalue weighted by Crippen LogP contribution is -2.10. The smallest absolute Gasteiger partial charge is 0.306 e. The second-order valence-electron chi connectivity index (χ2n) is 7.44. The van der Waals surface area contributed by atoms with Crippen LogP contribution < -0.4 is 0 Å². The molecule has 0 spiro atoms. The lowest BCUT2D eigenvalue weighted by atomic mass is 9.85. The summed E-state index contributed by atoms with van der Waals surface area (Å²) in [6.07, 6.45) is 3.90. The molecule has 0 radical (unpaired) electrons. The van der Waals surface area contributed by atoms with Gasteiger partial charge in [0.1, 0.15) is 0 Å². The summed E-state index contributed by atoms with van der Waals surface area (Å²) in [6.45, 7) is 10.2. The average Bonchev–Trinajstić information content (AvgIpc) is 2.57. The van der Waals surface area contributed by atoms with Gasteiger partial charge >= 0.3 is 5.97 Å². The third-order valence-corrected chi connectivity index (χ3v) is 4.52. The highest BCUT2D eigenvalue weighted by molar-refractivity contribution is 5.70. The maximum atomic E-state index is 11.7. The fourth-order valence-electron chi connectivity index (χ4n) is 3.26. The van der Waals surface area contributed by atoms with Crippen LogP contribution in [0.1, 0.15) is 76.8 Å². The zero-order valence-electron chi connectivity index (χ0n) is 16.7. The molecule has 26 heavy (non-hydrogen) atoms. The second kappa shape index (κ2) is 10.1. The van der Waals surface area contributed by atoms with Gasteiger partial charge in [-0.1, -0.05) is 44.6 Å². The van der Waals surface area contributed by atoms with Gasteiger partial charge < -0.3 is 4.74 Å². The van der Waals surface area contributed by atoms with Crippen molar-refractivity contribution < 1.29 is 14.5 Å². The molecule has 0 N–H and O–H groups in total. The molecule has 1 rings (SSSR count). The number of nitrogens with zero attached hydrogens (tertiary/aromatic N) is 1. The Morgan fingerprint density at radius 3 is 2.42 bits per heavy atom. The number of benzene rings is 1. The quantitative estimate of drug-likeness (QED) is 0.243. The Kier molecular flexibility index (Phi) is 8.49. The standard InChI is InChI=1S/C21H31NO4/c1-7-16(13-21(23)26-6)17-8-9-19(20(12-17)22(24)25)18(10-14(2)3)11-15(4)5/h8-10,12,15-16,18H,7,11,13H2,1-6H3/t16-,18+/m0/s1. The molecule has 144 valence electrons. The Hall–Kier alpha value is -2.17. The van der Waals surface area contributed by atoms with Gasteiger partial charge in [-0.25, -0.2) is 0 Å². The summed E-state index contributed by atoms with van der Waals surface area (Å²) >= 11 is 0. The summed E-state index contributed by atoms with van der Waals surface area (Å²) in [4.78, 5) is 23.0. The predicted octanol–water partition coefficient (Wildman–Crippen LogP) is 5.75. The van der Waals surface area contributed by atoms with Gasteiger partial charge in [0.05, 0.1) is 18.5 Å². The van der Waals surface area contributed by atoms with Gasteiger partial charge in [0.25, 0.3) is 5.69 Å². The first-order valence-corrected chi connectivity index (χ1v) is 9.19. The van der Waals surface area contributed by atoms with E-state index < -0.39 is 0 Å². The van der Waals surface area contributed by atoms with Crippen molar-refractivity contribution in [1.29, 1.82) is 0 Å². The van der Waals surface area contributed by atoms with Gasteiger partial charge in [-0.3, -0.25) is 14.9 Å². The molecule has 0 aromatic heterocycles. The van der Waals surface area contributed by atoms with Crippen LogP contribution in [0.4, 0.5) is 5.69 Å². The normalized spacial score (nSPS) is 13.2. The summed E-state index contributed by atoms with van der Waals surface area (Å²) in [5, 5.41) is 11.7. The van der Waals surface area contributed by atoms with E-state index in [1.54, 1.807) is 6.07 Å². The largest absolute Gasteiger partial charge is 0.469 e. The summed E-state index contributed by atoms with van der Waals surface area (Å²) < 4.78 is 4.75. The van der Waals surface area contributed by atoms with Crippen LogP contribution in [0.25, 0.3) is 0 Å². The van der Waals surface area contributed by atoms with E-state index in [1.807, 2.05) is 32.9 Å². The molecule has 5 heteroatoms. The predicted molar refractivity (Wildman–Crippen MR) is 104 cm³/mol. The minimum Gasteiger partial charge on any atom is -0.469 e. The Morgan fingerprint density at radius 2 is 1.96 bits per heavy atom. The highest BCUT2D eigenvalue weighted by atomic mass is 16.6. The van der Waals surface area contributed by atoms with Crippen LogP contribution in [0.2, 0.25) is 0 Å². The molecule has 0 bridgehead atoms. The van der Waals surface area contributed by atoms with E-state index in [0.29, 0.717) is 5.92 Å². The van der Waals surface area contributed by atoms with Crippen molar-refractivity contribution in [1.82, 2.24) is 0 Å². The van der Waals surface area contributed by atoms with Crippen LogP contribution >= 0.6 is 0 Å². The Bertz CT molecular complexity index is 660. The van der Waals surface area contributed by atoms with Crippen molar-refractivity contribution in [3.63, 3.8) is 0 Å². The number of methoxy groups -OCH3 is 1. The van der Waals surface area contributed by atoms with Crippen LogP contribution in [0.3, 0.4) is 0 Å². The van der Waals surface area contributed by atoms with Crippen molar-refractivity contribution in [3.8, 4) is 0 Å². The minimum absolute atomic E-state index is 0.00938. The van der Waals surface area contributed by atoms with Crippen molar-refractivity contribution in [3.05, 3.63) is 51.1 Å². The molecule has 0 heterocycles. The van der Waals surface area contributed by atoms with E-state index in [-0.39, 0.29) is 34.8 Å². The lowest BCUT2D eigenvalue weighted by Gasteiger charge is -2.19. The number of nitro benzene ring substituents is 1. The molecule has 0 amide bonds. The number of ether oxygens (including phenoxy) is 1. The molecule has 1 aromatic carbocycles. The van der Waals surface area contributed by atoms with Gasteiger partial charge in [-0.15, -0.1) is 0 Å². The number of allylic oxidation sites excluding steroid dienone is 2. The van der Waals surface area contributed by atoms with E-state index in [1.165, 1.54) is 7.11 Å². The zero-order chi connectivity index (χ0) is 19.9. The number of hydrogen-bond donors (Lipinski definition) is 0. The van der Waals surface area contributed by atoms with E-state index >= 15 is 0 Å². The van der Waals surface area contributed by atoms with Crippen LogP contribution in [-0.4, -0.2) is 18.0 Å². The molecule has 5 nitrogen and oxygen atoms in total. The topological polar surface area (TPSA) is 69.4 Å². The Balaban J connectivity index is 3.36. The maximum absolute atomic E-state index is 11.7. The van der Waals surface area contributed by atoms with Crippen LogP contribution in [0.5, 0.6) is 0 Å². The molecular weight excluding hydrogens is 330 g/mol. The summed E-state index contributed by atoms with van der Waals surface area (Å²) in [5.41, 5.74) is 2.83. The fraction of sp³-hybridized carbons (Fsp3) is 0.571. The van der Waals surface area contributed by atoms with Gasteiger partial charge in [0.15, 0.2) is 0 Å². The van der Waals surface area contributed by atoms with Crippen LogP contribution in [0, 0.1) is 16.0 Å². The maximum Gasteiger partial charge on any atom is 0.306 e. The first-order valence-electron chi connectivity index (χ1n) is 9.19.